The van der Waals surface area contributed by atoms with Crippen molar-refractivity contribution in [2.24, 2.45) is 5.41 Å². The van der Waals surface area contributed by atoms with Crippen LogP contribution in [0, 0.1) is 5.41 Å². The van der Waals surface area contributed by atoms with Crippen LogP contribution >= 0.6 is 0 Å². The van der Waals surface area contributed by atoms with E-state index in [0.29, 0.717) is 13.0 Å². The van der Waals surface area contributed by atoms with E-state index in [-0.39, 0.29) is 31.0 Å². The minimum absolute atomic E-state index is 0.0254. The number of carbonyl (C=O) groups excluding carboxylic acids is 1. The van der Waals surface area contributed by atoms with Gasteiger partial charge in [-0.25, -0.2) is 0 Å². The normalized spacial score (nSPS) is 12.6. The van der Waals surface area contributed by atoms with Crippen molar-refractivity contribution in [3.8, 4) is 0 Å². The lowest BCUT2D eigenvalue weighted by atomic mass is 9.90. The summed E-state index contributed by atoms with van der Waals surface area (Å²) in [7, 11) is 0. The second-order valence-electron chi connectivity index (χ2n) is 4.83. The third kappa shape index (κ3) is 10.3. The molecular formula is C11H20F3NO3. The highest BCUT2D eigenvalue weighted by atomic mass is 19.4. The summed E-state index contributed by atoms with van der Waals surface area (Å²) in [6.45, 7) is 2.55. The molecule has 0 bridgehead atoms. The Labute approximate surface area is 105 Å². The Kier molecular flexibility index (Phi) is 7.23. The van der Waals surface area contributed by atoms with Crippen molar-refractivity contribution < 1.29 is 27.8 Å². The number of amides is 1. The molecule has 2 N–H and O–H groups in total. The maximum Gasteiger partial charge on any atom is 0.411 e. The summed E-state index contributed by atoms with van der Waals surface area (Å²) in [4.78, 5) is 11.3. The van der Waals surface area contributed by atoms with Crippen LogP contribution in [0.4, 0.5) is 13.2 Å². The van der Waals surface area contributed by atoms with Gasteiger partial charge in [0, 0.05) is 19.6 Å². The minimum Gasteiger partial charge on any atom is -0.396 e. The number of ether oxygens (including phenoxy) is 1. The third-order valence-corrected chi connectivity index (χ3v) is 2.29. The maximum atomic E-state index is 11.7. The van der Waals surface area contributed by atoms with Crippen molar-refractivity contribution >= 4 is 5.91 Å². The van der Waals surface area contributed by atoms with Gasteiger partial charge in [-0.15, -0.1) is 0 Å². The smallest absolute Gasteiger partial charge is 0.396 e. The Balaban J connectivity index is 3.66. The molecule has 4 nitrogen and oxygen atoms in total. The molecule has 0 radical (unpaired) electrons. The number of aliphatic hydroxyl groups is 1. The van der Waals surface area contributed by atoms with Gasteiger partial charge < -0.3 is 15.2 Å². The average molecular weight is 271 g/mol. The van der Waals surface area contributed by atoms with Crippen molar-refractivity contribution in [3.63, 3.8) is 0 Å². The average Bonchev–Trinajstić information content (AvgIpc) is 2.20. The Hall–Kier alpha value is -0.820. The SMILES string of the molecule is CC(C)(CCO)CNC(=O)CCOCC(F)(F)F. The first-order valence-corrected chi connectivity index (χ1v) is 5.68. The molecule has 1 amide bonds. The van der Waals surface area contributed by atoms with Crippen LogP contribution in [0.5, 0.6) is 0 Å². The van der Waals surface area contributed by atoms with Gasteiger partial charge in [-0.1, -0.05) is 13.8 Å². The second kappa shape index (κ2) is 7.58. The zero-order valence-corrected chi connectivity index (χ0v) is 10.6. The summed E-state index contributed by atoms with van der Waals surface area (Å²) < 4.78 is 39.5. The first-order chi connectivity index (χ1) is 8.16. The monoisotopic (exact) mass is 271 g/mol. The standard InChI is InChI=1S/C11H20F3NO3/c1-10(2,4-5-16)7-15-9(17)3-6-18-8-11(12,13)14/h16H,3-8H2,1-2H3,(H,15,17). The molecule has 0 aliphatic rings. The first-order valence-electron chi connectivity index (χ1n) is 5.68. The van der Waals surface area contributed by atoms with Crippen molar-refractivity contribution in [3.05, 3.63) is 0 Å². The van der Waals surface area contributed by atoms with Gasteiger partial charge in [-0.3, -0.25) is 4.79 Å². The molecule has 0 spiro atoms. The Morgan fingerprint density at radius 1 is 1.33 bits per heavy atom. The van der Waals surface area contributed by atoms with Gasteiger partial charge >= 0.3 is 6.18 Å². The van der Waals surface area contributed by atoms with Crippen molar-refractivity contribution in [2.75, 3.05) is 26.4 Å². The van der Waals surface area contributed by atoms with E-state index in [1.165, 1.54) is 0 Å². The molecule has 0 aliphatic carbocycles. The molecule has 0 aromatic rings. The number of alkyl halides is 3. The summed E-state index contributed by atoms with van der Waals surface area (Å²) >= 11 is 0. The van der Waals surface area contributed by atoms with Crippen molar-refractivity contribution in [1.82, 2.24) is 5.32 Å². The fourth-order valence-electron chi connectivity index (χ4n) is 1.17. The highest BCUT2D eigenvalue weighted by Gasteiger charge is 2.27. The predicted octanol–water partition coefficient (Wildman–Crippen LogP) is 1.48. The molecule has 0 aliphatic heterocycles. The molecule has 0 rings (SSSR count). The summed E-state index contributed by atoms with van der Waals surface area (Å²) in [6, 6.07) is 0. The molecule has 0 heterocycles. The summed E-state index contributed by atoms with van der Waals surface area (Å²) in [5.41, 5.74) is -0.239. The van der Waals surface area contributed by atoms with E-state index in [2.05, 4.69) is 10.1 Å². The molecule has 0 fully saturated rings. The van der Waals surface area contributed by atoms with E-state index in [1.807, 2.05) is 13.8 Å². The van der Waals surface area contributed by atoms with E-state index in [1.54, 1.807) is 0 Å². The van der Waals surface area contributed by atoms with Crippen LogP contribution in [0.1, 0.15) is 26.7 Å². The Bertz CT molecular complexity index is 254. The highest BCUT2D eigenvalue weighted by molar-refractivity contribution is 5.75. The zero-order valence-electron chi connectivity index (χ0n) is 10.6. The number of nitrogens with one attached hydrogen (secondary N) is 1. The Morgan fingerprint density at radius 3 is 2.44 bits per heavy atom. The second-order valence-corrected chi connectivity index (χ2v) is 4.83. The fraction of sp³-hybridized carbons (Fsp3) is 0.909. The zero-order chi connectivity index (χ0) is 14.2. The van der Waals surface area contributed by atoms with Gasteiger partial charge in [-0.05, 0) is 11.8 Å². The number of carbonyl (C=O) groups is 1. The molecule has 0 saturated carbocycles. The number of aliphatic hydroxyl groups excluding tert-OH is 1. The topological polar surface area (TPSA) is 58.6 Å². The van der Waals surface area contributed by atoms with E-state index in [4.69, 9.17) is 5.11 Å². The fourth-order valence-corrected chi connectivity index (χ4v) is 1.17. The minimum atomic E-state index is -4.36. The summed E-state index contributed by atoms with van der Waals surface area (Å²) in [5, 5.41) is 11.4. The summed E-state index contributed by atoms with van der Waals surface area (Å²) in [6.07, 6.45) is -3.93. The van der Waals surface area contributed by atoms with Gasteiger partial charge in [0.05, 0.1) is 6.61 Å². The van der Waals surface area contributed by atoms with Gasteiger partial charge in [0.15, 0.2) is 0 Å². The van der Waals surface area contributed by atoms with E-state index in [9.17, 15) is 18.0 Å². The van der Waals surface area contributed by atoms with Crippen LogP contribution in [0.15, 0.2) is 0 Å². The molecular weight excluding hydrogens is 251 g/mol. The lowest BCUT2D eigenvalue weighted by Crippen LogP contribution is -2.35. The number of hydrogen-bond donors (Lipinski definition) is 2. The van der Waals surface area contributed by atoms with E-state index in [0.717, 1.165) is 0 Å². The first kappa shape index (κ1) is 17.2. The van der Waals surface area contributed by atoms with Crippen LogP contribution in [0.3, 0.4) is 0 Å². The van der Waals surface area contributed by atoms with Crippen LogP contribution in [0.25, 0.3) is 0 Å². The molecule has 7 heteroatoms. The van der Waals surface area contributed by atoms with Crippen molar-refractivity contribution in [1.29, 1.82) is 0 Å². The van der Waals surface area contributed by atoms with Gasteiger partial charge in [0.1, 0.15) is 6.61 Å². The molecule has 108 valence electrons. The maximum absolute atomic E-state index is 11.7. The van der Waals surface area contributed by atoms with Gasteiger partial charge in [0.25, 0.3) is 0 Å². The molecule has 0 aromatic carbocycles. The largest absolute Gasteiger partial charge is 0.411 e. The molecule has 0 aromatic heterocycles. The van der Waals surface area contributed by atoms with Crippen LogP contribution in [0.2, 0.25) is 0 Å². The van der Waals surface area contributed by atoms with E-state index >= 15 is 0 Å². The van der Waals surface area contributed by atoms with Crippen LogP contribution < -0.4 is 5.32 Å². The molecule has 0 atom stereocenters. The quantitative estimate of drug-likeness (QED) is 0.657. The van der Waals surface area contributed by atoms with E-state index < -0.39 is 12.8 Å². The summed E-state index contributed by atoms with van der Waals surface area (Å²) in [5.74, 6) is -0.358. The lowest BCUT2D eigenvalue weighted by Gasteiger charge is -2.23. The highest BCUT2D eigenvalue weighted by Crippen LogP contribution is 2.18. The molecule has 0 unspecified atom stereocenters. The lowest BCUT2D eigenvalue weighted by molar-refractivity contribution is -0.174. The molecule has 0 saturated heterocycles. The Morgan fingerprint density at radius 2 is 1.94 bits per heavy atom. The third-order valence-electron chi connectivity index (χ3n) is 2.29. The number of rotatable bonds is 8. The van der Waals surface area contributed by atoms with Crippen LogP contribution in [-0.4, -0.2) is 43.6 Å². The van der Waals surface area contributed by atoms with Crippen LogP contribution in [-0.2, 0) is 9.53 Å². The molecule has 18 heavy (non-hydrogen) atoms. The number of hydrogen-bond acceptors (Lipinski definition) is 3. The van der Waals surface area contributed by atoms with Gasteiger partial charge in [0.2, 0.25) is 5.91 Å². The predicted molar refractivity (Wildman–Crippen MR) is 60.0 cm³/mol. The van der Waals surface area contributed by atoms with Gasteiger partial charge in [-0.2, -0.15) is 13.2 Å². The van der Waals surface area contributed by atoms with Crippen molar-refractivity contribution in [2.45, 2.75) is 32.9 Å². The number of halogens is 3.